The molecule has 0 aliphatic carbocycles. The quantitative estimate of drug-likeness (QED) is 0.731. The fourth-order valence-electron chi connectivity index (χ4n) is 3.53. The molecule has 0 aromatic heterocycles. The van der Waals surface area contributed by atoms with E-state index in [1.54, 1.807) is 0 Å². The van der Waals surface area contributed by atoms with Gasteiger partial charge in [-0.25, -0.2) is 0 Å². The van der Waals surface area contributed by atoms with Gasteiger partial charge < -0.3 is 14.2 Å². The molecule has 2 heterocycles. The molecule has 2 fully saturated rings. The van der Waals surface area contributed by atoms with E-state index in [1.807, 2.05) is 0 Å². The summed E-state index contributed by atoms with van der Waals surface area (Å²) in [5, 5.41) is 0. The van der Waals surface area contributed by atoms with Crippen LogP contribution < -0.4 is 0 Å². The van der Waals surface area contributed by atoms with Gasteiger partial charge in [-0.3, -0.25) is 0 Å². The smallest absolute Gasteiger partial charge is 0.121 e. The lowest BCUT2D eigenvalue weighted by Gasteiger charge is -2.33. The Kier molecular flexibility index (Phi) is 4.35. The fourth-order valence-corrected chi connectivity index (χ4v) is 3.53. The molecule has 3 heteroatoms. The van der Waals surface area contributed by atoms with Gasteiger partial charge in [0, 0.05) is 5.92 Å². The zero-order chi connectivity index (χ0) is 13.3. The first-order chi connectivity index (χ1) is 8.50. The van der Waals surface area contributed by atoms with Crippen LogP contribution in [0.25, 0.3) is 0 Å². The van der Waals surface area contributed by atoms with Crippen molar-refractivity contribution in [3.8, 4) is 0 Å². The number of fused-ring (bicyclic) bond motifs is 2. The Balaban J connectivity index is 2.11. The summed E-state index contributed by atoms with van der Waals surface area (Å²) in [5.41, 5.74) is -0.192. The molecule has 0 radical (unpaired) electrons. The molecule has 2 aliphatic rings. The molecular weight excluding hydrogens is 228 g/mol. The summed E-state index contributed by atoms with van der Waals surface area (Å²) < 4.78 is 18.2. The highest BCUT2D eigenvalue weighted by atomic mass is 16.6. The molecule has 0 N–H and O–H groups in total. The molecule has 3 unspecified atom stereocenters. The molecular formula is C15H28O3. The van der Waals surface area contributed by atoms with Crippen LogP contribution >= 0.6 is 0 Å². The molecule has 3 nitrogen and oxygen atoms in total. The van der Waals surface area contributed by atoms with E-state index in [-0.39, 0.29) is 23.9 Å². The second-order valence-electron chi connectivity index (χ2n) is 6.41. The third-order valence-corrected chi connectivity index (χ3v) is 4.19. The lowest BCUT2D eigenvalue weighted by molar-refractivity contribution is -0.173. The van der Waals surface area contributed by atoms with Gasteiger partial charge in [-0.05, 0) is 26.2 Å². The van der Waals surface area contributed by atoms with Crippen molar-refractivity contribution in [2.75, 3.05) is 13.2 Å². The van der Waals surface area contributed by atoms with E-state index in [0.29, 0.717) is 25.0 Å². The van der Waals surface area contributed by atoms with E-state index in [0.717, 1.165) is 12.8 Å². The van der Waals surface area contributed by atoms with Gasteiger partial charge in [-0.2, -0.15) is 0 Å². The van der Waals surface area contributed by atoms with Gasteiger partial charge >= 0.3 is 0 Å². The Morgan fingerprint density at radius 3 is 2.56 bits per heavy atom. The first-order valence-corrected chi connectivity index (χ1v) is 7.41. The van der Waals surface area contributed by atoms with Gasteiger partial charge in [0.25, 0.3) is 0 Å². The van der Waals surface area contributed by atoms with Crippen molar-refractivity contribution in [2.24, 2.45) is 11.8 Å². The van der Waals surface area contributed by atoms with Crippen LogP contribution in [0.1, 0.15) is 47.5 Å². The lowest BCUT2D eigenvalue weighted by atomic mass is 9.80. The van der Waals surface area contributed by atoms with E-state index in [2.05, 4.69) is 34.6 Å². The molecule has 2 bridgehead atoms. The van der Waals surface area contributed by atoms with Gasteiger partial charge in [-0.15, -0.1) is 0 Å². The predicted molar refractivity (Wildman–Crippen MR) is 71.7 cm³/mol. The summed E-state index contributed by atoms with van der Waals surface area (Å²) in [6.07, 6.45) is 3.04. The van der Waals surface area contributed by atoms with Gasteiger partial charge in [0.15, 0.2) is 0 Å². The summed E-state index contributed by atoms with van der Waals surface area (Å²) in [6, 6.07) is 0. The standard InChI is InChI=1S/C15H28O3/c1-6-7-12-14-13(10(2)3)15(18-12,9-17-14)8-16-11(4)5/h10-14H,6-9H2,1-5H3/t12?,13?,14?,15-/m0/s1. The monoisotopic (exact) mass is 256 g/mol. The molecule has 18 heavy (non-hydrogen) atoms. The maximum Gasteiger partial charge on any atom is 0.121 e. The molecule has 0 aromatic rings. The minimum Gasteiger partial charge on any atom is -0.376 e. The molecule has 0 saturated carbocycles. The lowest BCUT2D eigenvalue weighted by Crippen LogP contribution is -2.45. The van der Waals surface area contributed by atoms with Crippen LogP contribution in [0.15, 0.2) is 0 Å². The van der Waals surface area contributed by atoms with Gasteiger partial charge in [0.2, 0.25) is 0 Å². The molecule has 2 aliphatic heterocycles. The number of ether oxygens (including phenoxy) is 3. The molecule has 106 valence electrons. The number of hydrogen-bond acceptors (Lipinski definition) is 3. The highest BCUT2D eigenvalue weighted by Crippen LogP contribution is 2.49. The summed E-state index contributed by atoms with van der Waals surface area (Å²) in [4.78, 5) is 0. The molecule has 2 saturated heterocycles. The maximum absolute atomic E-state index is 6.36. The average Bonchev–Trinajstić information content (AvgIpc) is 2.80. The van der Waals surface area contributed by atoms with Crippen LogP contribution in [0.2, 0.25) is 0 Å². The summed E-state index contributed by atoms with van der Waals surface area (Å²) in [5.74, 6) is 1.06. The van der Waals surface area contributed by atoms with Crippen LogP contribution in [-0.4, -0.2) is 37.1 Å². The normalized spacial score (nSPS) is 39.2. The average molecular weight is 256 g/mol. The number of hydrogen-bond donors (Lipinski definition) is 0. The summed E-state index contributed by atoms with van der Waals surface area (Å²) in [6.45, 7) is 12.3. The maximum atomic E-state index is 6.36. The van der Waals surface area contributed by atoms with E-state index < -0.39 is 0 Å². The van der Waals surface area contributed by atoms with Gasteiger partial charge in [0.05, 0.1) is 31.5 Å². The molecule has 0 amide bonds. The van der Waals surface area contributed by atoms with Crippen molar-refractivity contribution in [2.45, 2.75) is 71.4 Å². The third kappa shape index (κ3) is 2.45. The van der Waals surface area contributed by atoms with E-state index in [9.17, 15) is 0 Å². The van der Waals surface area contributed by atoms with Crippen LogP contribution in [0.3, 0.4) is 0 Å². The SMILES string of the molecule is CCCC1O[C@@]2(COC(C)C)COC1C2C(C)C. The minimum atomic E-state index is -0.192. The highest BCUT2D eigenvalue weighted by molar-refractivity contribution is 5.08. The second-order valence-corrected chi connectivity index (χ2v) is 6.41. The first kappa shape index (κ1) is 14.3. The summed E-state index contributed by atoms with van der Waals surface area (Å²) >= 11 is 0. The Hall–Kier alpha value is -0.120. The third-order valence-electron chi connectivity index (χ3n) is 4.19. The van der Waals surface area contributed by atoms with Crippen LogP contribution in [-0.2, 0) is 14.2 Å². The van der Waals surface area contributed by atoms with E-state index >= 15 is 0 Å². The van der Waals surface area contributed by atoms with Crippen LogP contribution in [0.4, 0.5) is 0 Å². The second kappa shape index (κ2) is 5.48. The topological polar surface area (TPSA) is 27.7 Å². The Bertz CT molecular complexity index is 277. The van der Waals surface area contributed by atoms with Gasteiger partial charge in [0.1, 0.15) is 5.60 Å². The number of rotatable bonds is 6. The van der Waals surface area contributed by atoms with E-state index in [1.165, 1.54) is 0 Å². The Morgan fingerprint density at radius 1 is 1.28 bits per heavy atom. The van der Waals surface area contributed by atoms with Gasteiger partial charge in [-0.1, -0.05) is 27.2 Å². The van der Waals surface area contributed by atoms with Crippen molar-refractivity contribution >= 4 is 0 Å². The van der Waals surface area contributed by atoms with Crippen molar-refractivity contribution < 1.29 is 14.2 Å². The Morgan fingerprint density at radius 2 is 2.00 bits per heavy atom. The van der Waals surface area contributed by atoms with Crippen molar-refractivity contribution in [3.63, 3.8) is 0 Å². The molecule has 2 rings (SSSR count). The first-order valence-electron chi connectivity index (χ1n) is 7.41. The van der Waals surface area contributed by atoms with Crippen LogP contribution in [0.5, 0.6) is 0 Å². The Labute approximate surface area is 111 Å². The fraction of sp³-hybridized carbons (Fsp3) is 1.00. The molecule has 4 atom stereocenters. The zero-order valence-electron chi connectivity index (χ0n) is 12.4. The largest absolute Gasteiger partial charge is 0.376 e. The molecule has 0 aromatic carbocycles. The van der Waals surface area contributed by atoms with Crippen molar-refractivity contribution in [3.05, 3.63) is 0 Å². The zero-order valence-corrected chi connectivity index (χ0v) is 12.4. The highest BCUT2D eigenvalue weighted by Gasteiger charge is 2.61. The van der Waals surface area contributed by atoms with E-state index in [4.69, 9.17) is 14.2 Å². The minimum absolute atomic E-state index is 0.192. The van der Waals surface area contributed by atoms with Crippen molar-refractivity contribution in [1.82, 2.24) is 0 Å². The van der Waals surface area contributed by atoms with Crippen molar-refractivity contribution in [1.29, 1.82) is 0 Å². The predicted octanol–water partition coefficient (Wildman–Crippen LogP) is 3.02. The van der Waals surface area contributed by atoms with Crippen LogP contribution in [0, 0.1) is 11.8 Å². The molecule has 0 spiro atoms. The summed E-state index contributed by atoms with van der Waals surface area (Å²) in [7, 11) is 0.